The van der Waals surface area contributed by atoms with Gasteiger partial charge in [0.25, 0.3) is 5.56 Å². The molecule has 3 rings (SSSR count). The monoisotopic (exact) mass is 341 g/mol. The van der Waals surface area contributed by atoms with Crippen LogP contribution in [0, 0.1) is 6.92 Å². The van der Waals surface area contributed by atoms with E-state index >= 15 is 0 Å². The van der Waals surface area contributed by atoms with Gasteiger partial charge in [-0.05, 0) is 13.0 Å². The molecule has 3 aromatic rings. The van der Waals surface area contributed by atoms with Crippen LogP contribution in [0.4, 0.5) is 5.95 Å². The lowest BCUT2D eigenvalue weighted by Crippen LogP contribution is -2.36. The zero-order valence-corrected chi connectivity index (χ0v) is 14.1. The Balaban J connectivity index is 1.60. The van der Waals surface area contributed by atoms with E-state index < -0.39 is 0 Å². The SMILES string of the molecule is Cc1nn(CC(=O)NCCNc2ncnn2C)c(=O)c2ccccc12. The molecule has 2 aromatic heterocycles. The van der Waals surface area contributed by atoms with Gasteiger partial charge in [-0.15, -0.1) is 0 Å². The molecule has 0 fully saturated rings. The summed E-state index contributed by atoms with van der Waals surface area (Å²) in [4.78, 5) is 28.5. The molecule has 0 saturated carbocycles. The Hall–Kier alpha value is -3.23. The summed E-state index contributed by atoms with van der Waals surface area (Å²) in [5, 5.41) is 15.3. The molecule has 0 aliphatic rings. The number of rotatable bonds is 6. The van der Waals surface area contributed by atoms with Crippen LogP contribution in [0.1, 0.15) is 5.69 Å². The van der Waals surface area contributed by atoms with Crippen molar-refractivity contribution in [2.24, 2.45) is 7.05 Å². The smallest absolute Gasteiger partial charge is 0.275 e. The molecule has 25 heavy (non-hydrogen) atoms. The first-order chi connectivity index (χ1) is 12.1. The minimum atomic E-state index is -0.274. The van der Waals surface area contributed by atoms with Gasteiger partial charge in [0.1, 0.15) is 12.9 Å². The molecule has 9 heteroatoms. The third-order valence-corrected chi connectivity index (χ3v) is 3.79. The fourth-order valence-corrected chi connectivity index (χ4v) is 2.54. The van der Waals surface area contributed by atoms with E-state index in [9.17, 15) is 9.59 Å². The number of aromatic nitrogens is 5. The Morgan fingerprint density at radius 2 is 1.96 bits per heavy atom. The fourth-order valence-electron chi connectivity index (χ4n) is 2.54. The van der Waals surface area contributed by atoms with Gasteiger partial charge in [-0.1, -0.05) is 18.2 Å². The highest BCUT2D eigenvalue weighted by Crippen LogP contribution is 2.11. The van der Waals surface area contributed by atoms with Gasteiger partial charge in [0.05, 0.1) is 11.1 Å². The van der Waals surface area contributed by atoms with Gasteiger partial charge in [0.15, 0.2) is 0 Å². The van der Waals surface area contributed by atoms with Gasteiger partial charge in [-0.25, -0.2) is 9.36 Å². The predicted octanol–water partition coefficient (Wildman–Crippen LogP) is 0.0617. The number of aryl methyl sites for hydroxylation is 2. The molecule has 0 spiro atoms. The number of amides is 1. The number of carbonyl (C=O) groups excluding carboxylic acids is 1. The zero-order chi connectivity index (χ0) is 17.8. The Labute approximate surface area is 143 Å². The lowest BCUT2D eigenvalue weighted by Gasteiger charge is -2.10. The van der Waals surface area contributed by atoms with E-state index in [0.29, 0.717) is 30.1 Å². The van der Waals surface area contributed by atoms with Crippen LogP contribution in [0.25, 0.3) is 10.8 Å². The lowest BCUT2D eigenvalue weighted by atomic mass is 10.1. The number of fused-ring (bicyclic) bond motifs is 1. The number of carbonyl (C=O) groups is 1. The molecule has 1 amide bonds. The van der Waals surface area contributed by atoms with Crippen LogP contribution in [-0.4, -0.2) is 43.5 Å². The summed E-state index contributed by atoms with van der Waals surface area (Å²) in [7, 11) is 1.77. The number of hydrogen-bond acceptors (Lipinski definition) is 6. The molecule has 0 aliphatic carbocycles. The molecule has 2 heterocycles. The maximum Gasteiger partial charge on any atom is 0.275 e. The summed E-state index contributed by atoms with van der Waals surface area (Å²) in [6.45, 7) is 2.60. The second-order valence-electron chi connectivity index (χ2n) is 5.58. The molecule has 2 N–H and O–H groups in total. The molecule has 0 atom stereocenters. The average Bonchev–Trinajstić information content (AvgIpc) is 3.01. The summed E-state index contributed by atoms with van der Waals surface area (Å²) >= 11 is 0. The van der Waals surface area contributed by atoms with E-state index in [1.807, 2.05) is 19.1 Å². The molecule has 130 valence electrons. The third-order valence-electron chi connectivity index (χ3n) is 3.79. The van der Waals surface area contributed by atoms with Crippen LogP contribution >= 0.6 is 0 Å². The molecule has 9 nitrogen and oxygen atoms in total. The van der Waals surface area contributed by atoms with Crippen LogP contribution in [0.3, 0.4) is 0 Å². The average molecular weight is 341 g/mol. The van der Waals surface area contributed by atoms with Crippen molar-refractivity contribution in [1.29, 1.82) is 0 Å². The van der Waals surface area contributed by atoms with Crippen molar-refractivity contribution in [2.45, 2.75) is 13.5 Å². The van der Waals surface area contributed by atoms with Crippen LogP contribution in [-0.2, 0) is 18.4 Å². The number of nitrogens with zero attached hydrogens (tertiary/aromatic N) is 5. The fraction of sp³-hybridized carbons (Fsp3) is 0.312. The van der Waals surface area contributed by atoms with Crippen molar-refractivity contribution < 1.29 is 4.79 Å². The van der Waals surface area contributed by atoms with Crippen molar-refractivity contribution in [1.82, 2.24) is 29.9 Å². The van der Waals surface area contributed by atoms with Gasteiger partial charge >= 0.3 is 0 Å². The molecule has 0 radical (unpaired) electrons. The number of nitrogens with one attached hydrogen (secondary N) is 2. The highest BCUT2D eigenvalue weighted by molar-refractivity contribution is 5.83. The predicted molar refractivity (Wildman–Crippen MR) is 93.2 cm³/mol. The summed E-state index contributed by atoms with van der Waals surface area (Å²) in [6, 6.07) is 7.25. The Morgan fingerprint density at radius 3 is 2.68 bits per heavy atom. The number of anilines is 1. The minimum absolute atomic E-state index is 0.117. The largest absolute Gasteiger partial charge is 0.353 e. The second-order valence-corrected chi connectivity index (χ2v) is 5.58. The quantitative estimate of drug-likeness (QED) is 0.614. The second kappa shape index (κ2) is 7.12. The molecule has 0 aliphatic heterocycles. The van der Waals surface area contributed by atoms with E-state index in [0.717, 1.165) is 5.39 Å². The standard InChI is InChI=1S/C16H19N7O2/c1-11-12-5-3-4-6-13(12)15(25)23(21-11)9-14(24)17-7-8-18-16-19-10-20-22(16)2/h3-6,10H,7-9H2,1-2H3,(H,17,24)(H,18,19,20). The van der Waals surface area contributed by atoms with Crippen molar-refractivity contribution in [2.75, 3.05) is 18.4 Å². The Bertz CT molecular complexity index is 961. The molecule has 1 aromatic carbocycles. The van der Waals surface area contributed by atoms with Gasteiger partial charge in [-0.2, -0.15) is 15.2 Å². The maximum absolute atomic E-state index is 12.4. The summed E-state index contributed by atoms with van der Waals surface area (Å²) in [6.07, 6.45) is 1.45. The van der Waals surface area contributed by atoms with Gasteiger partial charge in [0, 0.05) is 25.5 Å². The van der Waals surface area contributed by atoms with E-state index in [1.54, 1.807) is 23.9 Å². The van der Waals surface area contributed by atoms with Crippen molar-refractivity contribution in [3.05, 3.63) is 46.6 Å². The van der Waals surface area contributed by atoms with Gasteiger partial charge in [-0.3, -0.25) is 9.59 Å². The summed E-state index contributed by atoms with van der Waals surface area (Å²) < 4.78 is 2.80. The van der Waals surface area contributed by atoms with Crippen LogP contribution in [0.2, 0.25) is 0 Å². The van der Waals surface area contributed by atoms with Crippen LogP contribution < -0.4 is 16.2 Å². The Morgan fingerprint density at radius 1 is 1.20 bits per heavy atom. The van der Waals surface area contributed by atoms with E-state index in [4.69, 9.17) is 0 Å². The zero-order valence-electron chi connectivity index (χ0n) is 14.1. The molecular weight excluding hydrogens is 322 g/mol. The minimum Gasteiger partial charge on any atom is -0.353 e. The van der Waals surface area contributed by atoms with Crippen molar-refractivity contribution in [3.63, 3.8) is 0 Å². The molecular formula is C16H19N7O2. The lowest BCUT2D eigenvalue weighted by molar-refractivity contribution is -0.121. The molecule has 0 saturated heterocycles. The van der Waals surface area contributed by atoms with Crippen LogP contribution in [0.5, 0.6) is 0 Å². The van der Waals surface area contributed by atoms with Crippen molar-refractivity contribution in [3.8, 4) is 0 Å². The maximum atomic E-state index is 12.4. The van der Waals surface area contributed by atoms with E-state index in [-0.39, 0.29) is 18.0 Å². The number of hydrogen-bond donors (Lipinski definition) is 2. The highest BCUT2D eigenvalue weighted by atomic mass is 16.2. The topological polar surface area (TPSA) is 107 Å². The first-order valence-electron chi connectivity index (χ1n) is 7.87. The first kappa shape index (κ1) is 16.6. The van der Waals surface area contributed by atoms with Crippen molar-refractivity contribution >= 4 is 22.6 Å². The van der Waals surface area contributed by atoms with Gasteiger partial charge in [0.2, 0.25) is 11.9 Å². The van der Waals surface area contributed by atoms with Crippen LogP contribution in [0.15, 0.2) is 35.4 Å². The first-order valence-corrected chi connectivity index (χ1v) is 7.87. The summed E-state index contributed by atoms with van der Waals surface area (Å²) in [5.41, 5.74) is 0.445. The number of benzene rings is 1. The normalized spacial score (nSPS) is 10.8. The van der Waals surface area contributed by atoms with Gasteiger partial charge < -0.3 is 10.6 Å². The summed E-state index contributed by atoms with van der Waals surface area (Å²) in [5.74, 6) is 0.348. The molecule has 0 bridgehead atoms. The molecule has 0 unspecified atom stereocenters. The van der Waals surface area contributed by atoms with E-state index in [2.05, 4.69) is 25.8 Å². The highest BCUT2D eigenvalue weighted by Gasteiger charge is 2.10. The third kappa shape index (κ3) is 3.65. The van der Waals surface area contributed by atoms with E-state index in [1.165, 1.54) is 11.0 Å². The Kier molecular flexibility index (Phi) is 4.73.